The summed E-state index contributed by atoms with van der Waals surface area (Å²) in [5.41, 5.74) is 3.91. The van der Waals surface area contributed by atoms with Crippen molar-refractivity contribution in [3.05, 3.63) is 34.9 Å². The molecule has 1 fully saturated rings. The molecule has 20 heavy (non-hydrogen) atoms. The fraction of sp³-hybridized carbons (Fsp3) is 0.625. The van der Waals surface area contributed by atoms with Crippen molar-refractivity contribution in [1.82, 2.24) is 5.43 Å². The highest BCUT2D eigenvalue weighted by Gasteiger charge is 2.41. The molecule has 3 nitrogen and oxygen atoms in total. The molecular weight excluding hydrogens is 272 g/mol. The molecule has 0 aliphatic heterocycles. The van der Waals surface area contributed by atoms with Gasteiger partial charge in [-0.25, -0.2) is 0 Å². The Labute approximate surface area is 126 Å². The molecule has 4 heteroatoms. The number of hydrogen-bond acceptors (Lipinski definition) is 3. The summed E-state index contributed by atoms with van der Waals surface area (Å²) in [6, 6.07) is 8.02. The van der Waals surface area contributed by atoms with Crippen LogP contribution in [0.5, 0.6) is 0 Å². The Morgan fingerprint density at radius 1 is 1.40 bits per heavy atom. The largest absolute Gasteiger partial charge is 0.377 e. The van der Waals surface area contributed by atoms with Crippen LogP contribution in [0.2, 0.25) is 5.02 Å². The van der Waals surface area contributed by atoms with Gasteiger partial charge in [-0.2, -0.15) is 0 Å². The molecule has 0 saturated heterocycles. The summed E-state index contributed by atoms with van der Waals surface area (Å²) in [6.07, 6.45) is 5.26. The molecule has 1 atom stereocenters. The minimum Gasteiger partial charge on any atom is -0.377 e. The van der Waals surface area contributed by atoms with Crippen molar-refractivity contribution < 1.29 is 4.74 Å². The van der Waals surface area contributed by atoms with Crippen LogP contribution in [-0.4, -0.2) is 18.8 Å². The second-order valence-electron chi connectivity index (χ2n) is 5.97. The number of benzene rings is 1. The van der Waals surface area contributed by atoms with Gasteiger partial charge in [0.15, 0.2) is 0 Å². The van der Waals surface area contributed by atoms with Crippen LogP contribution < -0.4 is 11.3 Å². The predicted octanol–water partition coefficient (Wildman–Crippen LogP) is 3.31. The van der Waals surface area contributed by atoms with E-state index in [0.29, 0.717) is 0 Å². The average molecular weight is 297 g/mol. The van der Waals surface area contributed by atoms with Gasteiger partial charge >= 0.3 is 0 Å². The zero-order valence-corrected chi connectivity index (χ0v) is 13.1. The van der Waals surface area contributed by atoms with Crippen molar-refractivity contribution in [2.24, 2.45) is 11.8 Å². The van der Waals surface area contributed by atoms with Crippen LogP contribution in [0, 0.1) is 5.92 Å². The summed E-state index contributed by atoms with van der Waals surface area (Å²) < 4.78 is 5.91. The number of rotatable bonds is 5. The maximum Gasteiger partial charge on any atom is 0.0847 e. The number of nitrogens with one attached hydrogen (secondary N) is 1. The highest BCUT2D eigenvalue weighted by atomic mass is 35.5. The molecule has 3 N–H and O–H groups in total. The predicted molar refractivity (Wildman–Crippen MR) is 83.6 cm³/mol. The molecule has 0 amide bonds. The minimum absolute atomic E-state index is 0.0832. The first-order chi connectivity index (χ1) is 9.61. The average Bonchev–Trinajstić information content (AvgIpc) is 2.48. The third-order valence-electron chi connectivity index (χ3n) is 4.75. The summed E-state index contributed by atoms with van der Waals surface area (Å²) in [7, 11) is 1.80. The van der Waals surface area contributed by atoms with Gasteiger partial charge < -0.3 is 4.74 Å². The van der Waals surface area contributed by atoms with Crippen molar-refractivity contribution in [1.29, 1.82) is 0 Å². The molecule has 1 aromatic rings. The van der Waals surface area contributed by atoms with E-state index in [1.165, 1.54) is 12.8 Å². The van der Waals surface area contributed by atoms with Crippen LogP contribution in [0.25, 0.3) is 0 Å². The lowest BCUT2D eigenvalue weighted by Gasteiger charge is -2.44. The van der Waals surface area contributed by atoms with E-state index in [0.717, 1.165) is 35.8 Å². The van der Waals surface area contributed by atoms with Gasteiger partial charge in [-0.15, -0.1) is 0 Å². The van der Waals surface area contributed by atoms with E-state index < -0.39 is 0 Å². The smallest absolute Gasteiger partial charge is 0.0847 e. The molecule has 1 unspecified atom stereocenters. The fourth-order valence-electron chi connectivity index (χ4n) is 3.23. The normalized spacial score (nSPS) is 28.3. The summed E-state index contributed by atoms with van der Waals surface area (Å²) in [5, 5.41) is 0.795. The highest BCUT2D eigenvalue weighted by Crippen LogP contribution is 2.38. The van der Waals surface area contributed by atoms with E-state index in [2.05, 4.69) is 18.4 Å². The van der Waals surface area contributed by atoms with Crippen LogP contribution in [0.4, 0.5) is 0 Å². The second kappa shape index (κ2) is 6.90. The van der Waals surface area contributed by atoms with Crippen molar-refractivity contribution >= 4 is 11.6 Å². The molecule has 0 spiro atoms. The van der Waals surface area contributed by atoms with Gasteiger partial charge in [0.25, 0.3) is 0 Å². The van der Waals surface area contributed by atoms with E-state index in [1.807, 2.05) is 18.2 Å². The molecule has 0 bridgehead atoms. The Hall–Kier alpha value is -0.610. The van der Waals surface area contributed by atoms with Crippen molar-refractivity contribution in [2.75, 3.05) is 7.11 Å². The maximum absolute atomic E-state index is 6.27. The first-order valence-electron chi connectivity index (χ1n) is 7.36. The number of halogens is 1. The highest BCUT2D eigenvalue weighted by molar-refractivity contribution is 6.31. The van der Waals surface area contributed by atoms with E-state index >= 15 is 0 Å². The minimum atomic E-state index is -0.180. The number of nitrogens with two attached hydrogens (primary N) is 1. The van der Waals surface area contributed by atoms with Gasteiger partial charge in [-0.05, 0) is 49.7 Å². The zero-order valence-electron chi connectivity index (χ0n) is 12.4. The molecule has 1 saturated carbocycles. The number of hydrazine groups is 1. The van der Waals surface area contributed by atoms with Gasteiger partial charge in [0.2, 0.25) is 0 Å². The molecule has 0 radical (unpaired) electrons. The Balaban J connectivity index is 2.16. The lowest BCUT2D eigenvalue weighted by Crippen LogP contribution is -2.57. The Kier molecular flexibility index (Phi) is 5.44. The third-order valence-corrected chi connectivity index (χ3v) is 5.11. The van der Waals surface area contributed by atoms with Gasteiger partial charge in [0, 0.05) is 12.1 Å². The van der Waals surface area contributed by atoms with Crippen molar-refractivity contribution in [3.63, 3.8) is 0 Å². The molecular formula is C16H25ClN2O. The molecule has 1 aliphatic carbocycles. The monoisotopic (exact) mass is 296 g/mol. The molecule has 0 aromatic heterocycles. The number of ether oxygens (including phenoxy) is 1. The molecule has 0 heterocycles. The van der Waals surface area contributed by atoms with E-state index in [1.54, 1.807) is 7.11 Å². The Bertz CT molecular complexity index is 430. The van der Waals surface area contributed by atoms with E-state index in [4.69, 9.17) is 22.2 Å². The standard InChI is InChI=1S/C16H25ClN2O/c1-12-7-9-16(20-2,10-8-12)15(19-18)11-13-5-3-4-6-14(13)17/h3-6,12,15,19H,7-11,18H2,1-2H3. The Morgan fingerprint density at radius 2 is 2.05 bits per heavy atom. The third kappa shape index (κ3) is 3.34. The van der Waals surface area contributed by atoms with Gasteiger partial charge in [-0.1, -0.05) is 36.7 Å². The molecule has 1 aliphatic rings. The summed E-state index contributed by atoms with van der Waals surface area (Å²) in [6.45, 7) is 2.30. The summed E-state index contributed by atoms with van der Waals surface area (Å²) in [5.74, 6) is 6.60. The zero-order chi connectivity index (χ0) is 14.6. The quantitative estimate of drug-likeness (QED) is 0.647. The fourth-order valence-corrected chi connectivity index (χ4v) is 3.44. The topological polar surface area (TPSA) is 47.3 Å². The first-order valence-corrected chi connectivity index (χ1v) is 7.74. The van der Waals surface area contributed by atoms with Crippen molar-refractivity contribution in [2.45, 2.75) is 50.7 Å². The van der Waals surface area contributed by atoms with Crippen LogP contribution in [0.15, 0.2) is 24.3 Å². The number of methoxy groups -OCH3 is 1. The van der Waals surface area contributed by atoms with Crippen LogP contribution in [0.1, 0.15) is 38.2 Å². The van der Waals surface area contributed by atoms with Crippen LogP contribution >= 0.6 is 11.6 Å². The van der Waals surface area contributed by atoms with Gasteiger partial charge in [-0.3, -0.25) is 11.3 Å². The van der Waals surface area contributed by atoms with Gasteiger partial charge in [0.05, 0.1) is 11.6 Å². The van der Waals surface area contributed by atoms with Crippen LogP contribution in [-0.2, 0) is 11.2 Å². The van der Waals surface area contributed by atoms with Crippen LogP contribution in [0.3, 0.4) is 0 Å². The SMILES string of the molecule is COC1(C(Cc2ccccc2Cl)NN)CCC(C)CC1. The second-order valence-corrected chi connectivity index (χ2v) is 6.37. The molecule has 112 valence electrons. The van der Waals surface area contributed by atoms with Gasteiger partial charge in [0.1, 0.15) is 0 Å². The maximum atomic E-state index is 6.27. The summed E-state index contributed by atoms with van der Waals surface area (Å²) in [4.78, 5) is 0. The lowest BCUT2D eigenvalue weighted by molar-refractivity contribution is -0.0746. The van der Waals surface area contributed by atoms with Crippen molar-refractivity contribution in [3.8, 4) is 0 Å². The number of hydrogen-bond donors (Lipinski definition) is 2. The van der Waals surface area contributed by atoms with E-state index in [9.17, 15) is 0 Å². The lowest BCUT2D eigenvalue weighted by atomic mass is 9.74. The summed E-state index contributed by atoms with van der Waals surface area (Å²) >= 11 is 6.27. The molecule has 1 aromatic carbocycles. The first kappa shape index (κ1) is 15.8. The Morgan fingerprint density at radius 3 is 2.60 bits per heavy atom. The van der Waals surface area contributed by atoms with E-state index in [-0.39, 0.29) is 11.6 Å². The molecule has 2 rings (SSSR count).